The van der Waals surface area contributed by atoms with E-state index in [2.05, 4.69) is 5.32 Å². The topological polar surface area (TPSA) is 66.4 Å². The number of hydrogen-bond acceptors (Lipinski definition) is 4. The average Bonchev–Trinajstić information content (AvgIpc) is 2.61. The predicted molar refractivity (Wildman–Crippen MR) is 69.8 cm³/mol. The van der Waals surface area contributed by atoms with Gasteiger partial charge in [0.1, 0.15) is 0 Å². The molecule has 102 valence electrons. The minimum absolute atomic E-state index is 0.00771. The molecule has 17 heavy (non-hydrogen) atoms. The van der Waals surface area contributed by atoms with Crippen LogP contribution in [0.25, 0.3) is 0 Å². The molecule has 0 aromatic carbocycles. The number of aliphatic hydroxyl groups is 1. The van der Waals surface area contributed by atoms with Crippen LogP contribution >= 0.6 is 0 Å². The zero-order valence-corrected chi connectivity index (χ0v) is 11.9. The molecule has 3 atom stereocenters. The first-order chi connectivity index (χ1) is 7.76. The zero-order chi connectivity index (χ0) is 13.1. The van der Waals surface area contributed by atoms with Gasteiger partial charge < -0.3 is 10.4 Å². The van der Waals surface area contributed by atoms with E-state index in [0.29, 0.717) is 6.54 Å². The van der Waals surface area contributed by atoms with Crippen molar-refractivity contribution in [1.29, 1.82) is 0 Å². The van der Waals surface area contributed by atoms with Crippen LogP contribution in [0.3, 0.4) is 0 Å². The second-order valence-corrected chi connectivity index (χ2v) is 7.80. The maximum absolute atomic E-state index is 11.6. The second-order valence-electron chi connectivity index (χ2n) is 5.53. The van der Waals surface area contributed by atoms with Gasteiger partial charge in [0.15, 0.2) is 9.84 Å². The molecule has 1 fully saturated rings. The van der Waals surface area contributed by atoms with Gasteiger partial charge in [0.2, 0.25) is 0 Å². The van der Waals surface area contributed by atoms with Gasteiger partial charge in [-0.2, -0.15) is 0 Å². The Bertz CT molecular complexity index is 338. The molecule has 0 aromatic rings. The monoisotopic (exact) mass is 263 g/mol. The molecule has 1 aliphatic carbocycles. The van der Waals surface area contributed by atoms with Gasteiger partial charge >= 0.3 is 0 Å². The van der Waals surface area contributed by atoms with Crippen LogP contribution in [0.2, 0.25) is 0 Å². The zero-order valence-electron chi connectivity index (χ0n) is 11.1. The van der Waals surface area contributed by atoms with Crippen molar-refractivity contribution in [1.82, 2.24) is 5.32 Å². The van der Waals surface area contributed by atoms with E-state index in [9.17, 15) is 13.5 Å². The highest BCUT2D eigenvalue weighted by Gasteiger charge is 2.35. The predicted octanol–water partition coefficient (Wildman–Crippen LogP) is 1.09. The van der Waals surface area contributed by atoms with Crippen LogP contribution in [0.5, 0.6) is 0 Å². The first-order valence-corrected chi connectivity index (χ1v) is 8.36. The lowest BCUT2D eigenvalue weighted by Gasteiger charge is -2.27. The highest BCUT2D eigenvalue weighted by atomic mass is 32.2. The van der Waals surface area contributed by atoms with Gasteiger partial charge in [-0.3, -0.25) is 0 Å². The minimum atomic E-state index is -2.98. The molecule has 0 aromatic heterocycles. The van der Waals surface area contributed by atoms with Gasteiger partial charge in [-0.15, -0.1) is 0 Å². The summed E-state index contributed by atoms with van der Waals surface area (Å²) in [5, 5.41) is 13.0. The molecule has 1 aliphatic rings. The average molecular weight is 263 g/mol. The fourth-order valence-electron chi connectivity index (χ4n) is 2.65. The van der Waals surface area contributed by atoms with E-state index in [1.165, 1.54) is 6.26 Å². The van der Waals surface area contributed by atoms with Crippen LogP contribution in [0, 0.1) is 0 Å². The number of hydrogen-bond donors (Lipinski definition) is 2. The van der Waals surface area contributed by atoms with Crippen LogP contribution in [0.1, 0.15) is 46.0 Å². The summed E-state index contributed by atoms with van der Waals surface area (Å²) in [7, 11) is -2.98. The summed E-state index contributed by atoms with van der Waals surface area (Å²) in [6, 6.07) is 0.00771. The van der Waals surface area contributed by atoms with E-state index in [1.54, 1.807) is 6.92 Å². The van der Waals surface area contributed by atoms with E-state index >= 15 is 0 Å². The molecule has 1 rings (SSSR count). The fourth-order valence-corrected chi connectivity index (χ4v) is 4.07. The van der Waals surface area contributed by atoms with Gasteiger partial charge in [0, 0.05) is 18.8 Å². The minimum Gasteiger partial charge on any atom is -0.389 e. The molecular weight excluding hydrogens is 238 g/mol. The molecule has 0 saturated heterocycles. The Labute approximate surface area is 105 Å². The normalized spacial score (nSPS) is 29.2. The van der Waals surface area contributed by atoms with Gasteiger partial charge in [-0.1, -0.05) is 19.8 Å². The number of sulfone groups is 1. The molecule has 0 heterocycles. The Morgan fingerprint density at radius 3 is 2.59 bits per heavy atom. The Morgan fingerprint density at radius 1 is 1.41 bits per heavy atom. The highest BCUT2D eigenvalue weighted by molar-refractivity contribution is 7.91. The van der Waals surface area contributed by atoms with Crippen molar-refractivity contribution >= 4 is 9.84 Å². The van der Waals surface area contributed by atoms with Crippen LogP contribution < -0.4 is 5.32 Å². The maximum atomic E-state index is 11.6. The standard InChI is InChI=1S/C12H25NO3S/c1-4-8-12(2,14)9-13-10-6-5-7-11(10)17(3,15)16/h10-11,13-14H,4-9H2,1-3H3. The summed E-state index contributed by atoms with van der Waals surface area (Å²) in [6.07, 6.45) is 5.55. The van der Waals surface area contributed by atoms with Crippen LogP contribution in [-0.4, -0.2) is 43.2 Å². The van der Waals surface area contributed by atoms with E-state index < -0.39 is 15.4 Å². The van der Waals surface area contributed by atoms with Crippen molar-refractivity contribution in [2.75, 3.05) is 12.8 Å². The Balaban J connectivity index is 2.52. The third-order valence-electron chi connectivity index (χ3n) is 3.54. The molecule has 0 bridgehead atoms. The Morgan fingerprint density at radius 2 is 2.06 bits per heavy atom. The summed E-state index contributed by atoms with van der Waals surface area (Å²) < 4.78 is 23.2. The van der Waals surface area contributed by atoms with Crippen molar-refractivity contribution < 1.29 is 13.5 Å². The van der Waals surface area contributed by atoms with Crippen molar-refractivity contribution in [3.8, 4) is 0 Å². The molecule has 4 nitrogen and oxygen atoms in total. The molecule has 3 unspecified atom stereocenters. The summed E-state index contributed by atoms with van der Waals surface area (Å²) >= 11 is 0. The second kappa shape index (κ2) is 5.67. The first-order valence-electron chi connectivity index (χ1n) is 6.41. The van der Waals surface area contributed by atoms with Gasteiger partial charge in [0.05, 0.1) is 10.9 Å². The van der Waals surface area contributed by atoms with Crippen LogP contribution in [0.15, 0.2) is 0 Å². The molecule has 0 amide bonds. The van der Waals surface area contributed by atoms with Crippen molar-refractivity contribution in [2.45, 2.75) is 62.8 Å². The van der Waals surface area contributed by atoms with Crippen molar-refractivity contribution in [3.63, 3.8) is 0 Å². The molecule has 0 spiro atoms. The maximum Gasteiger partial charge on any atom is 0.151 e. The lowest BCUT2D eigenvalue weighted by Crippen LogP contribution is -2.47. The summed E-state index contributed by atoms with van der Waals surface area (Å²) in [4.78, 5) is 0. The molecular formula is C12H25NO3S. The quantitative estimate of drug-likeness (QED) is 0.753. The fraction of sp³-hybridized carbons (Fsp3) is 1.00. The first kappa shape index (κ1) is 14.9. The largest absolute Gasteiger partial charge is 0.389 e. The summed E-state index contributed by atoms with van der Waals surface area (Å²) in [5.41, 5.74) is -0.737. The lowest BCUT2D eigenvalue weighted by molar-refractivity contribution is 0.0474. The van der Waals surface area contributed by atoms with E-state index in [1.807, 2.05) is 6.92 Å². The molecule has 0 radical (unpaired) electrons. The lowest BCUT2D eigenvalue weighted by atomic mass is 10.0. The number of rotatable bonds is 6. The molecule has 5 heteroatoms. The highest BCUT2D eigenvalue weighted by Crippen LogP contribution is 2.25. The van der Waals surface area contributed by atoms with E-state index in [4.69, 9.17) is 0 Å². The summed E-state index contributed by atoms with van der Waals surface area (Å²) in [6.45, 7) is 4.30. The van der Waals surface area contributed by atoms with Crippen LogP contribution in [0.4, 0.5) is 0 Å². The third kappa shape index (κ3) is 4.56. The SMILES string of the molecule is CCCC(C)(O)CNC1CCCC1S(C)(=O)=O. The van der Waals surface area contributed by atoms with Gasteiger partial charge in [-0.05, 0) is 26.2 Å². The van der Waals surface area contributed by atoms with Gasteiger partial charge in [0.25, 0.3) is 0 Å². The smallest absolute Gasteiger partial charge is 0.151 e. The van der Waals surface area contributed by atoms with Crippen molar-refractivity contribution in [3.05, 3.63) is 0 Å². The number of nitrogens with one attached hydrogen (secondary N) is 1. The van der Waals surface area contributed by atoms with E-state index in [0.717, 1.165) is 32.1 Å². The molecule has 2 N–H and O–H groups in total. The molecule has 0 aliphatic heterocycles. The third-order valence-corrected chi connectivity index (χ3v) is 5.20. The Kier molecular flexibility index (Phi) is 4.98. The van der Waals surface area contributed by atoms with Crippen LogP contribution in [-0.2, 0) is 9.84 Å². The van der Waals surface area contributed by atoms with E-state index in [-0.39, 0.29) is 11.3 Å². The van der Waals surface area contributed by atoms with Gasteiger partial charge in [-0.25, -0.2) is 8.42 Å². The Hall–Kier alpha value is -0.130. The molecule has 1 saturated carbocycles. The van der Waals surface area contributed by atoms with Crippen molar-refractivity contribution in [2.24, 2.45) is 0 Å². The summed E-state index contributed by atoms with van der Waals surface area (Å²) in [5.74, 6) is 0.